The maximum absolute atomic E-state index is 3.86. The summed E-state index contributed by atoms with van der Waals surface area (Å²) in [5.74, 6) is 0.857. The minimum Gasteiger partial charge on any atom is -0.361 e. The second-order valence-electron chi connectivity index (χ2n) is 6.61. The highest BCUT2D eigenvalue weighted by Crippen LogP contribution is 2.44. The molecule has 21 heavy (non-hydrogen) atoms. The summed E-state index contributed by atoms with van der Waals surface area (Å²) in [7, 11) is 0. The molecule has 2 heterocycles. The zero-order valence-electron chi connectivity index (χ0n) is 12.5. The predicted molar refractivity (Wildman–Crippen MR) is 90.0 cm³/mol. The number of nitrogens with one attached hydrogen (secondary N) is 1. The van der Waals surface area contributed by atoms with Gasteiger partial charge in [0.25, 0.3) is 0 Å². The first-order valence-electron chi connectivity index (χ1n) is 7.85. The third-order valence-corrected chi connectivity index (χ3v) is 5.75. The maximum atomic E-state index is 3.86. The van der Waals surface area contributed by atoms with E-state index in [0.717, 1.165) is 19.0 Å². The Labute approximate surface area is 130 Å². The number of nitrogens with zero attached hydrogens (tertiary/aromatic N) is 1. The molecular formula is C18H22N2S. The van der Waals surface area contributed by atoms with Crippen LogP contribution >= 0.6 is 11.3 Å². The van der Waals surface area contributed by atoms with Gasteiger partial charge in [-0.3, -0.25) is 0 Å². The second-order valence-corrected chi connectivity index (χ2v) is 7.39. The minimum absolute atomic E-state index is 0.271. The van der Waals surface area contributed by atoms with E-state index in [1.165, 1.54) is 24.1 Å². The van der Waals surface area contributed by atoms with E-state index in [1.54, 1.807) is 11.3 Å². The Morgan fingerprint density at radius 2 is 2.00 bits per heavy atom. The highest BCUT2D eigenvalue weighted by Gasteiger charge is 2.46. The number of benzene rings is 1. The van der Waals surface area contributed by atoms with Gasteiger partial charge in [-0.2, -0.15) is 11.3 Å². The van der Waals surface area contributed by atoms with Crippen LogP contribution in [0.25, 0.3) is 0 Å². The number of hydrogen-bond donors (Lipinski definition) is 1. The van der Waals surface area contributed by atoms with Crippen molar-refractivity contribution < 1.29 is 0 Å². The number of thiophene rings is 1. The molecule has 1 saturated carbocycles. The molecule has 0 radical (unpaired) electrons. The van der Waals surface area contributed by atoms with Gasteiger partial charge in [0.05, 0.1) is 6.04 Å². The quantitative estimate of drug-likeness (QED) is 0.919. The number of piperazine rings is 1. The van der Waals surface area contributed by atoms with Crippen molar-refractivity contribution >= 4 is 17.0 Å². The Bertz CT molecular complexity index is 591. The molecule has 110 valence electrons. The van der Waals surface area contributed by atoms with E-state index in [1.807, 2.05) is 0 Å². The normalized spacial score (nSPS) is 29.6. The van der Waals surface area contributed by atoms with Crippen molar-refractivity contribution in [2.75, 3.05) is 18.0 Å². The summed E-state index contributed by atoms with van der Waals surface area (Å²) >= 11 is 1.79. The summed E-state index contributed by atoms with van der Waals surface area (Å²) in [5, 5.41) is 8.33. The summed E-state index contributed by atoms with van der Waals surface area (Å²) in [6.45, 7) is 4.55. The first-order valence-corrected chi connectivity index (χ1v) is 8.79. The van der Waals surface area contributed by atoms with Gasteiger partial charge < -0.3 is 10.2 Å². The Morgan fingerprint density at radius 3 is 2.67 bits per heavy atom. The summed E-state index contributed by atoms with van der Waals surface area (Å²) in [5.41, 5.74) is 3.06. The van der Waals surface area contributed by atoms with Crippen LogP contribution in [-0.4, -0.2) is 18.6 Å². The van der Waals surface area contributed by atoms with Crippen molar-refractivity contribution in [2.24, 2.45) is 5.92 Å². The third-order valence-electron chi connectivity index (χ3n) is 5.07. The molecule has 2 aliphatic rings. The topological polar surface area (TPSA) is 15.3 Å². The fourth-order valence-corrected chi connectivity index (χ4v) is 4.27. The Morgan fingerprint density at radius 1 is 1.19 bits per heavy atom. The molecule has 0 spiro atoms. The van der Waals surface area contributed by atoms with E-state index >= 15 is 0 Å². The van der Waals surface area contributed by atoms with Crippen LogP contribution in [0.4, 0.5) is 5.69 Å². The lowest BCUT2D eigenvalue weighted by Gasteiger charge is -2.47. The van der Waals surface area contributed by atoms with E-state index in [2.05, 4.69) is 64.3 Å². The molecule has 2 fully saturated rings. The molecule has 1 aliphatic carbocycles. The molecule has 0 bridgehead atoms. The summed E-state index contributed by atoms with van der Waals surface area (Å²) in [6, 6.07) is 13.6. The van der Waals surface area contributed by atoms with Gasteiger partial charge in [0.15, 0.2) is 0 Å². The van der Waals surface area contributed by atoms with Crippen molar-refractivity contribution in [2.45, 2.75) is 31.3 Å². The van der Waals surface area contributed by atoms with E-state index in [0.29, 0.717) is 6.04 Å². The van der Waals surface area contributed by atoms with Crippen LogP contribution in [0, 0.1) is 5.92 Å². The minimum atomic E-state index is 0.271. The maximum Gasteiger partial charge on any atom is 0.0668 e. The smallest absolute Gasteiger partial charge is 0.0668 e. The molecule has 1 aromatic carbocycles. The number of hydrogen-bond acceptors (Lipinski definition) is 3. The molecule has 2 aromatic rings. The van der Waals surface area contributed by atoms with Crippen LogP contribution in [0.15, 0.2) is 47.2 Å². The standard InChI is InChI=1S/C18H22N2S/c1-18(15-7-8-15)13-20(16-9-10-21-12-16)17(11-19-18)14-5-3-2-4-6-14/h2-6,9-10,12,15,17,19H,7-8,11,13H2,1H3. The van der Waals surface area contributed by atoms with Crippen LogP contribution in [0.2, 0.25) is 0 Å². The first kappa shape index (κ1) is 13.4. The lowest BCUT2D eigenvalue weighted by atomic mass is 9.89. The van der Waals surface area contributed by atoms with Crippen LogP contribution in [0.5, 0.6) is 0 Å². The average Bonchev–Trinajstić information content (AvgIpc) is 3.25. The number of anilines is 1. The largest absolute Gasteiger partial charge is 0.361 e. The molecule has 1 aromatic heterocycles. The Balaban J connectivity index is 1.67. The van der Waals surface area contributed by atoms with Gasteiger partial charge in [0.2, 0.25) is 0 Å². The van der Waals surface area contributed by atoms with E-state index in [-0.39, 0.29) is 5.54 Å². The zero-order valence-corrected chi connectivity index (χ0v) is 13.3. The lowest BCUT2D eigenvalue weighted by molar-refractivity contribution is 0.256. The van der Waals surface area contributed by atoms with Gasteiger partial charge in [-0.1, -0.05) is 30.3 Å². The van der Waals surface area contributed by atoms with Crippen LogP contribution in [-0.2, 0) is 0 Å². The molecule has 0 amide bonds. The summed E-state index contributed by atoms with van der Waals surface area (Å²) in [6.07, 6.45) is 2.77. The number of rotatable bonds is 3. The average molecular weight is 298 g/mol. The van der Waals surface area contributed by atoms with Gasteiger partial charge in [0.1, 0.15) is 0 Å². The molecule has 2 atom stereocenters. The van der Waals surface area contributed by atoms with E-state index in [4.69, 9.17) is 0 Å². The van der Waals surface area contributed by atoms with Crippen molar-refractivity contribution in [3.05, 3.63) is 52.7 Å². The zero-order chi connectivity index (χ0) is 14.3. The lowest BCUT2D eigenvalue weighted by Crippen LogP contribution is -2.61. The van der Waals surface area contributed by atoms with Gasteiger partial charge in [-0.05, 0) is 42.7 Å². The molecule has 3 heteroatoms. The monoisotopic (exact) mass is 298 g/mol. The van der Waals surface area contributed by atoms with Crippen LogP contribution in [0.3, 0.4) is 0 Å². The highest BCUT2D eigenvalue weighted by molar-refractivity contribution is 7.08. The first-order chi connectivity index (χ1) is 10.3. The third kappa shape index (κ3) is 2.49. The van der Waals surface area contributed by atoms with E-state index in [9.17, 15) is 0 Å². The molecular weight excluding hydrogens is 276 g/mol. The van der Waals surface area contributed by atoms with Gasteiger partial charge in [-0.25, -0.2) is 0 Å². The van der Waals surface area contributed by atoms with Gasteiger partial charge in [0, 0.05) is 29.7 Å². The van der Waals surface area contributed by atoms with Gasteiger partial charge in [-0.15, -0.1) is 0 Å². The van der Waals surface area contributed by atoms with Crippen molar-refractivity contribution in [1.82, 2.24) is 5.32 Å². The predicted octanol–water partition coefficient (Wildman–Crippen LogP) is 4.07. The van der Waals surface area contributed by atoms with Crippen molar-refractivity contribution in [1.29, 1.82) is 0 Å². The van der Waals surface area contributed by atoms with Crippen LogP contribution in [0.1, 0.15) is 31.4 Å². The SMILES string of the molecule is CC1(C2CC2)CN(c2ccsc2)C(c2ccccc2)CN1. The van der Waals surface area contributed by atoms with E-state index < -0.39 is 0 Å². The van der Waals surface area contributed by atoms with Crippen molar-refractivity contribution in [3.8, 4) is 0 Å². The Kier molecular flexibility index (Phi) is 3.27. The summed E-state index contributed by atoms with van der Waals surface area (Å²) < 4.78 is 0. The molecule has 1 saturated heterocycles. The second kappa shape index (κ2) is 5.15. The van der Waals surface area contributed by atoms with Crippen molar-refractivity contribution in [3.63, 3.8) is 0 Å². The molecule has 2 nitrogen and oxygen atoms in total. The fourth-order valence-electron chi connectivity index (χ4n) is 3.62. The van der Waals surface area contributed by atoms with Crippen LogP contribution < -0.4 is 10.2 Å². The Hall–Kier alpha value is -1.32. The molecule has 4 rings (SSSR count). The molecule has 2 unspecified atom stereocenters. The molecule has 1 aliphatic heterocycles. The summed E-state index contributed by atoms with van der Waals surface area (Å²) in [4.78, 5) is 2.61. The highest BCUT2D eigenvalue weighted by atomic mass is 32.1. The van der Waals surface area contributed by atoms with Gasteiger partial charge >= 0.3 is 0 Å². The molecule has 1 N–H and O–H groups in total. The fraction of sp³-hybridized carbons (Fsp3) is 0.444.